The Kier molecular flexibility index (Phi) is 9.57. The van der Waals surface area contributed by atoms with Crippen LogP contribution in [0, 0.1) is 17.5 Å². The molecule has 37 heavy (non-hydrogen) atoms. The normalized spacial score (nSPS) is 14.2. The fraction of sp³-hybridized carbons (Fsp3) is 0.345. The third-order valence-electron chi connectivity index (χ3n) is 6.52. The molecule has 1 fully saturated rings. The number of ether oxygens (including phenoxy) is 1. The third kappa shape index (κ3) is 8.06. The number of benzene rings is 3. The lowest BCUT2D eigenvalue weighted by atomic mass is 10.0. The van der Waals surface area contributed by atoms with Crippen LogP contribution in [0.2, 0.25) is 0 Å². The smallest absolute Gasteiger partial charge is 0.317 e. The summed E-state index contributed by atoms with van der Waals surface area (Å²) in [5.74, 6) is -0.919. The molecule has 8 heteroatoms. The van der Waals surface area contributed by atoms with Crippen molar-refractivity contribution in [2.75, 3.05) is 39.3 Å². The Bertz CT molecular complexity index is 1070. The van der Waals surface area contributed by atoms with Gasteiger partial charge in [0, 0.05) is 39.3 Å². The fourth-order valence-electron chi connectivity index (χ4n) is 4.37. The van der Waals surface area contributed by atoms with Crippen molar-refractivity contribution in [1.29, 1.82) is 0 Å². The number of nitrogens with zero attached hydrogens (tertiary/aromatic N) is 2. The lowest BCUT2D eigenvalue weighted by molar-refractivity contribution is 0.0735. The zero-order valence-electron chi connectivity index (χ0n) is 20.7. The summed E-state index contributed by atoms with van der Waals surface area (Å²) in [6, 6.07) is 18.4. The Hall–Kier alpha value is -3.36. The number of unbranched alkanes of at least 4 members (excludes halogenated alkanes) is 1. The maximum atomic E-state index is 13.4. The van der Waals surface area contributed by atoms with Crippen LogP contribution in [0.1, 0.15) is 35.6 Å². The van der Waals surface area contributed by atoms with Crippen LogP contribution in [-0.4, -0.2) is 55.2 Å². The van der Waals surface area contributed by atoms with Crippen LogP contribution in [0.5, 0.6) is 0 Å². The first-order valence-corrected chi connectivity index (χ1v) is 12.6. The highest BCUT2D eigenvalue weighted by atomic mass is 19.1. The van der Waals surface area contributed by atoms with Crippen LogP contribution in [-0.2, 0) is 11.3 Å². The van der Waals surface area contributed by atoms with E-state index in [9.17, 15) is 18.0 Å². The fourth-order valence-corrected chi connectivity index (χ4v) is 4.37. The molecule has 0 spiro atoms. The second kappa shape index (κ2) is 13.3. The van der Waals surface area contributed by atoms with Gasteiger partial charge in [0.1, 0.15) is 23.6 Å². The summed E-state index contributed by atoms with van der Waals surface area (Å²) < 4.78 is 46.0. The second-order valence-corrected chi connectivity index (χ2v) is 9.17. The first-order valence-electron chi connectivity index (χ1n) is 12.6. The molecule has 0 radical (unpaired) electrons. The highest BCUT2D eigenvalue weighted by Gasteiger charge is 2.21. The van der Waals surface area contributed by atoms with E-state index in [1.54, 1.807) is 41.3 Å². The summed E-state index contributed by atoms with van der Waals surface area (Å²) in [6.07, 6.45) is 1.39. The third-order valence-corrected chi connectivity index (χ3v) is 6.52. The summed E-state index contributed by atoms with van der Waals surface area (Å²) in [7, 11) is 0. The molecule has 1 N–H and O–H groups in total. The number of urea groups is 1. The minimum atomic E-state index is -0.391. The number of rotatable bonds is 10. The van der Waals surface area contributed by atoms with E-state index in [2.05, 4.69) is 10.2 Å². The largest absolute Gasteiger partial charge is 0.369 e. The Morgan fingerprint density at radius 2 is 1.27 bits per heavy atom. The van der Waals surface area contributed by atoms with E-state index >= 15 is 0 Å². The minimum Gasteiger partial charge on any atom is -0.369 e. The number of carbonyl (C=O) groups is 1. The molecule has 3 aromatic carbocycles. The lowest BCUT2D eigenvalue weighted by Crippen LogP contribution is -2.51. The highest BCUT2D eigenvalue weighted by molar-refractivity contribution is 5.74. The molecule has 0 saturated carbocycles. The predicted octanol–water partition coefficient (Wildman–Crippen LogP) is 5.52. The van der Waals surface area contributed by atoms with E-state index in [1.807, 2.05) is 0 Å². The van der Waals surface area contributed by atoms with Crippen molar-refractivity contribution in [3.63, 3.8) is 0 Å². The van der Waals surface area contributed by atoms with Crippen molar-refractivity contribution in [2.24, 2.45) is 0 Å². The van der Waals surface area contributed by atoms with E-state index in [-0.39, 0.29) is 23.5 Å². The Labute approximate surface area is 215 Å². The van der Waals surface area contributed by atoms with Crippen LogP contribution >= 0.6 is 0 Å². The van der Waals surface area contributed by atoms with Gasteiger partial charge in [0.15, 0.2) is 0 Å². The Morgan fingerprint density at radius 1 is 0.757 bits per heavy atom. The van der Waals surface area contributed by atoms with Crippen LogP contribution in [0.3, 0.4) is 0 Å². The SMILES string of the molecule is O=C(NCc1ccc(F)cc1)N1CCN(CCCCOC(c2ccc(F)cc2)c2ccc(F)cc2)CC1. The monoisotopic (exact) mass is 511 g/mol. The van der Waals surface area contributed by atoms with Crippen molar-refractivity contribution in [3.05, 3.63) is 107 Å². The molecular weight excluding hydrogens is 479 g/mol. The van der Waals surface area contributed by atoms with Crippen LogP contribution in [0.25, 0.3) is 0 Å². The van der Waals surface area contributed by atoms with E-state index in [0.717, 1.165) is 49.2 Å². The van der Waals surface area contributed by atoms with Crippen molar-refractivity contribution >= 4 is 6.03 Å². The summed E-state index contributed by atoms with van der Waals surface area (Å²) in [4.78, 5) is 16.6. The van der Waals surface area contributed by atoms with E-state index < -0.39 is 6.10 Å². The van der Waals surface area contributed by atoms with Gasteiger partial charge < -0.3 is 15.0 Å². The molecule has 0 aliphatic carbocycles. The maximum Gasteiger partial charge on any atom is 0.317 e. The van der Waals surface area contributed by atoms with Crippen molar-refractivity contribution < 1.29 is 22.7 Å². The molecule has 0 aromatic heterocycles. The van der Waals surface area contributed by atoms with E-state index in [4.69, 9.17) is 4.74 Å². The average Bonchev–Trinajstić information content (AvgIpc) is 2.92. The molecule has 4 rings (SSSR count). The van der Waals surface area contributed by atoms with Crippen LogP contribution in [0.4, 0.5) is 18.0 Å². The molecule has 1 saturated heterocycles. The molecule has 0 atom stereocenters. The van der Waals surface area contributed by atoms with E-state index in [0.29, 0.717) is 26.2 Å². The molecule has 1 heterocycles. The highest BCUT2D eigenvalue weighted by Crippen LogP contribution is 2.27. The van der Waals surface area contributed by atoms with Gasteiger partial charge in [-0.1, -0.05) is 36.4 Å². The number of piperazine rings is 1. The predicted molar refractivity (Wildman–Crippen MR) is 136 cm³/mol. The van der Waals surface area contributed by atoms with Crippen molar-refractivity contribution in [3.8, 4) is 0 Å². The molecule has 196 valence electrons. The summed E-state index contributed by atoms with van der Waals surface area (Å²) in [5.41, 5.74) is 2.50. The van der Waals surface area contributed by atoms with Crippen LogP contribution in [0.15, 0.2) is 72.8 Å². The second-order valence-electron chi connectivity index (χ2n) is 9.17. The van der Waals surface area contributed by atoms with Gasteiger partial charge in [-0.25, -0.2) is 18.0 Å². The molecule has 3 aromatic rings. The number of hydrogen-bond donors (Lipinski definition) is 1. The van der Waals surface area contributed by atoms with E-state index in [1.165, 1.54) is 36.4 Å². The van der Waals surface area contributed by atoms with Gasteiger partial charge in [-0.15, -0.1) is 0 Å². The number of nitrogens with one attached hydrogen (secondary N) is 1. The zero-order chi connectivity index (χ0) is 26.0. The molecule has 5 nitrogen and oxygen atoms in total. The van der Waals surface area contributed by atoms with Crippen molar-refractivity contribution in [2.45, 2.75) is 25.5 Å². The Balaban J connectivity index is 1.16. The summed E-state index contributed by atoms with van der Waals surface area (Å²) in [5, 5.41) is 2.89. The van der Waals surface area contributed by atoms with Gasteiger partial charge in [0.05, 0.1) is 0 Å². The number of carbonyl (C=O) groups excluding carboxylic acids is 1. The molecule has 2 amide bonds. The lowest BCUT2D eigenvalue weighted by Gasteiger charge is -2.34. The summed E-state index contributed by atoms with van der Waals surface area (Å²) in [6.45, 7) is 4.72. The van der Waals surface area contributed by atoms with Crippen molar-refractivity contribution in [1.82, 2.24) is 15.1 Å². The molecular formula is C29H32F3N3O2. The number of hydrogen-bond acceptors (Lipinski definition) is 3. The van der Waals surface area contributed by atoms with Gasteiger partial charge in [0.2, 0.25) is 0 Å². The quantitative estimate of drug-likeness (QED) is 0.365. The molecule has 0 bridgehead atoms. The van der Waals surface area contributed by atoms with Gasteiger partial charge in [-0.2, -0.15) is 0 Å². The minimum absolute atomic E-state index is 0.106. The molecule has 1 aliphatic heterocycles. The first kappa shape index (κ1) is 26.7. The maximum absolute atomic E-state index is 13.4. The standard InChI is InChI=1S/C29H32F3N3O2/c30-25-9-3-22(4-10-25)21-33-29(36)35-18-16-34(17-19-35)15-1-2-20-37-28(23-5-11-26(31)12-6-23)24-7-13-27(32)14-8-24/h3-14,28H,1-2,15-21H2,(H,33,36). The summed E-state index contributed by atoms with van der Waals surface area (Å²) >= 11 is 0. The van der Waals surface area contributed by atoms with Crippen LogP contribution < -0.4 is 5.32 Å². The first-order chi connectivity index (χ1) is 18.0. The van der Waals surface area contributed by atoms with Gasteiger partial charge in [-0.05, 0) is 72.5 Å². The molecule has 1 aliphatic rings. The average molecular weight is 512 g/mol. The number of halogens is 3. The number of amides is 2. The van der Waals surface area contributed by atoms with Gasteiger partial charge in [0.25, 0.3) is 0 Å². The molecule has 0 unspecified atom stereocenters. The topological polar surface area (TPSA) is 44.8 Å². The van der Waals surface area contributed by atoms with Gasteiger partial charge >= 0.3 is 6.03 Å². The Morgan fingerprint density at radius 3 is 1.81 bits per heavy atom. The zero-order valence-corrected chi connectivity index (χ0v) is 20.7. The van der Waals surface area contributed by atoms with Gasteiger partial charge in [-0.3, -0.25) is 4.90 Å².